The molecule has 88 valence electrons. The van der Waals surface area contributed by atoms with Gasteiger partial charge in [-0.3, -0.25) is 0 Å². The predicted molar refractivity (Wildman–Crippen MR) is 68.5 cm³/mol. The minimum absolute atomic E-state index is 0.155. The van der Waals surface area contributed by atoms with E-state index in [0.717, 1.165) is 16.5 Å². The molecule has 4 nitrogen and oxygen atoms in total. The highest BCUT2D eigenvalue weighted by atomic mass is 16.4. The molecule has 0 aliphatic heterocycles. The Labute approximate surface area is 103 Å². The second-order valence-electron chi connectivity index (χ2n) is 4.02. The largest absolute Gasteiger partial charge is 0.477 e. The van der Waals surface area contributed by atoms with E-state index in [0.29, 0.717) is 5.65 Å². The van der Waals surface area contributed by atoms with Gasteiger partial charge in [-0.05, 0) is 17.7 Å². The van der Waals surface area contributed by atoms with Gasteiger partial charge in [0.15, 0.2) is 0 Å². The van der Waals surface area contributed by atoms with Crippen molar-refractivity contribution >= 4 is 17.0 Å². The van der Waals surface area contributed by atoms with Gasteiger partial charge >= 0.3 is 5.97 Å². The summed E-state index contributed by atoms with van der Waals surface area (Å²) in [6.07, 6.45) is 1.74. The maximum Gasteiger partial charge on any atom is 0.352 e. The van der Waals surface area contributed by atoms with Crippen molar-refractivity contribution < 1.29 is 9.90 Å². The molecular formula is C14H10N2O2. The molecule has 0 fully saturated rings. The summed E-state index contributed by atoms with van der Waals surface area (Å²) in [5.41, 5.74) is 2.78. The SMILES string of the molecule is O=C(O)c1cc2cc(-c3ccccc3)cnc2[nH]1. The molecule has 0 bridgehead atoms. The molecule has 3 rings (SSSR count). The molecule has 0 atom stereocenters. The van der Waals surface area contributed by atoms with Crippen LogP contribution >= 0.6 is 0 Å². The zero-order valence-corrected chi connectivity index (χ0v) is 9.42. The van der Waals surface area contributed by atoms with E-state index in [4.69, 9.17) is 5.11 Å². The lowest BCUT2D eigenvalue weighted by molar-refractivity contribution is 0.0691. The molecule has 0 saturated heterocycles. The number of fused-ring (bicyclic) bond motifs is 1. The van der Waals surface area contributed by atoms with Gasteiger partial charge in [-0.2, -0.15) is 0 Å². The number of carboxylic acids is 1. The first-order valence-corrected chi connectivity index (χ1v) is 5.51. The van der Waals surface area contributed by atoms with Crippen LogP contribution in [0.3, 0.4) is 0 Å². The Balaban J connectivity index is 2.14. The third-order valence-corrected chi connectivity index (χ3v) is 2.81. The molecule has 2 N–H and O–H groups in total. The van der Waals surface area contributed by atoms with Crippen molar-refractivity contribution in [2.75, 3.05) is 0 Å². The van der Waals surface area contributed by atoms with Gasteiger partial charge < -0.3 is 10.1 Å². The lowest BCUT2D eigenvalue weighted by Crippen LogP contribution is -1.94. The third-order valence-electron chi connectivity index (χ3n) is 2.81. The van der Waals surface area contributed by atoms with Crippen LogP contribution in [0.4, 0.5) is 0 Å². The highest BCUT2D eigenvalue weighted by molar-refractivity contribution is 5.93. The molecule has 0 radical (unpaired) electrons. The van der Waals surface area contributed by atoms with Crippen LogP contribution in [0.25, 0.3) is 22.2 Å². The van der Waals surface area contributed by atoms with Crippen LogP contribution in [0, 0.1) is 0 Å². The number of nitrogens with one attached hydrogen (secondary N) is 1. The van der Waals surface area contributed by atoms with Crippen molar-refractivity contribution in [3.8, 4) is 11.1 Å². The Kier molecular flexibility index (Phi) is 2.34. The van der Waals surface area contributed by atoms with Crippen LogP contribution in [0.5, 0.6) is 0 Å². The van der Waals surface area contributed by atoms with Gasteiger partial charge in [0.25, 0.3) is 0 Å². The Morgan fingerprint density at radius 1 is 1.11 bits per heavy atom. The number of H-pyrrole nitrogens is 1. The number of aromatic nitrogens is 2. The van der Waals surface area contributed by atoms with Crippen molar-refractivity contribution in [3.05, 3.63) is 54.4 Å². The number of carbonyl (C=O) groups is 1. The van der Waals surface area contributed by atoms with Crippen LogP contribution in [-0.4, -0.2) is 21.0 Å². The zero-order chi connectivity index (χ0) is 12.5. The molecule has 0 unspecified atom stereocenters. The summed E-state index contributed by atoms with van der Waals surface area (Å²) in [7, 11) is 0. The molecule has 2 heterocycles. The van der Waals surface area contributed by atoms with Gasteiger partial charge in [-0.25, -0.2) is 9.78 Å². The minimum atomic E-state index is -0.978. The Morgan fingerprint density at radius 3 is 2.61 bits per heavy atom. The number of benzene rings is 1. The molecule has 18 heavy (non-hydrogen) atoms. The fraction of sp³-hybridized carbons (Fsp3) is 0. The van der Waals surface area contributed by atoms with Gasteiger partial charge in [0, 0.05) is 17.1 Å². The Morgan fingerprint density at radius 2 is 1.89 bits per heavy atom. The number of hydrogen-bond donors (Lipinski definition) is 2. The summed E-state index contributed by atoms with van der Waals surface area (Å²) in [6, 6.07) is 13.4. The summed E-state index contributed by atoms with van der Waals surface area (Å²) in [5, 5.41) is 9.71. The first-order chi connectivity index (χ1) is 8.74. The summed E-state index contributed by atoms with van der Waals surface area (Å²) in [4.78, 5) is 17.9. The van der Waals surface area contributed by atoms with Gasteiger partial charge in [-0.1, -0.05) is 30.3 Å². The molecule has 1 aromatic carbocycles. The molecule has 0 aliphatic carbocycles. The van der Waals surface area contributed by atoms with Gasteiger partial charge in [0.05, 0.1) is 0 Å². The lowest BCUT2D eigenvalue weighted by atomic mass is 10.1. The summed E-state index contributed by atoms with van der Waals surface area (Å²) in [5.74, 6) is -0.978. The quantitative estimate of drug-likeness (QED) is 0.721. The van der Waals surface area contributed by atoms with E-state index < -0.39 is 5.97 Å². The topological polar surface area (TPSA) is 66.0 Å². The van der Waals surface area contributed by atoms with Crippen LogP contribution < -0.4 is 0 Å². The van der Waals surface area contributed by atoms with Crippen LogP contribution in [0.1, 0.15) is 10.5 Å². The average molecular weight is 238 g/mol. The minimum Gasteiger partial charge on any atom is -0.477 e. The number of aromatic amines is 1. The molecular weight excluding hydrogens is 228 g/mol. The average Bonchev–Trinajstić information content (AvgIpc) is 2.82. The van der Waals surface area contributed by atoms with E-state index in [1.807, 2.05) is 36.4 Å². The van der Waals surface area contributed by atoms with Gasteiger partial charge in [0.2, 0.25) is 0 Å². The number of pyridine rings is 1. The van der Waals surface area contributed by atoms with Crippen molar-refractivity contribution in [3.63, 3.8) is 0 Å². The van der Waals surface area contributed by atoms with E-state index in [-0.39, 0.29) is 5.69 Å². The number of carboxylic acid groups (broad SMARTS) is 1. The molecule has 0 aliphatic rings. The van der Waals surface area contributed by atoms with Crippen molar-refractivity contribution in [2.24, 2.45) is 0 Å². The van der Waals surface area contributed by atoms with Crippen LogP contribution in [0.15, 0.2) is 48.7 Å². The lowest BCUT2D eigenvalue weighted by Gasteiger charge is -2.00. The third kappa shape index (κ3) is 1.73. The first-order valence-electron chi connectivity index (χ1n) is 5.51. The molecule has 2 aromatic heterocycles. The zero-order valence-electron chi connectivity index (χ0n) is 9.42. The normalized spacial score (nSPS) is 10.7. The van der Waals surface area contributed by atoms with Crippen LogP contribution in [0.2, 0.25) is 0 Å². The summed E-state index contributed by atoms with van der Waals surface area (Å²) in [6.45, 7) is 0. The molecule has 0 spiro atoms. The standard InChI is InChI=1S/C14H10N2O2/c17-14(18)12-7-10-6-11(8-15-13(10)16-12)9-4-2-1-3-5-9/h1-8H,(H,15,16)(H,17,18). The van der Waals surface area contributed by atoms with Gasteiger partial charge in [-0.15, -0.1) is 0 Å². The number of nitrogens with zero attached hydrogens (tertiary/aromatic N) is 1. The van der Waals surface area contributed by atoms with E-state index in [1.54, 1.807) is 12.3 Å². The fourth-order valence-corrected chi connectivity index (χ4v) is 1.92. The molecule has 3 aromatic rings. The molecule has 4 heteroatoms. The van der Waals surface area contributed by atoms with E-state index >= 15 is 0 Å². The molecule has 0 saturated carbocycles. The summed E-state index contributed by atoms with van der Waals surface area (Å²) >= 11 is 0. The number of hydrogen-bond acceptors (Lipinski definition) is 2. The van der Waals surface area contributed by atoms with E-state index in [9.17, 15) is 4.79 Å². The summed E-state index contributed by atoms with van der Waals surface area (Å²) < 4.78 is 0. The van der Waals surface area contributed by atoms with Crippen molar-refractivity contribution in [2.45, 2.75) is 0 Å². The highest BCUT2D eigenvalue weighted by Gasteiger charge is 2.08. The first kappa shape index (κ1) is 10.5. The monoisotopic (exact) mass is 238 g/mol. The van der Waals surface area contributed by atoms with E-state index in [2.05, 4.69) is 9.97 Å². The van der Waals surface area contributed by atoms with Crippen molar-refractivity contribution in [1.29, 1.82) is 0 Å². The maximum atomic E-state index is 10.9. The smallest absolute Gasteiger partial charge is 0.352 e. The van der Waals surface area contributed by atoms with Gasteiger partial charge in [0.1, 0.15) is 11.3 Å². The second kappa shape index (κ2) is 4.00. The Bertz CT molecular complexity index is 717. The number of aromatic carboxylic acids is 1. The molecule has 0 amide bonds. The number of rotatable bonds is 2. The fourth-order valence-electron chi connectivity index (χ4n) is 1.92. The Hall–Kier alpha value is -2.62. The van der Waals surface area contributed by atoms with Crippen molar-refractivity contribution in [1.82, 2.24) is 9.97 Å². The van der Waals surface area contributed by atoms with Crippen LogP contribution in [-0.2, 0) is 0 Å². The second-order valence-corrected chi connectivity index (χ2v) is 4.02. The predicted octanol–water partition coefficient (Wildman–Crippen LogP) is 2.93. The maximum absolute atomic E-state index is 10.9. The van der Waals surface area contributed by atoms with E-state index in [1.165, 1.54) is 0 Å². The highest BCUT2D eigenvalue weighted by Crippen LogP contribution is 2.22.